The normalized spacial score (nSPS) is 16.2. The van der Waals surface area contributed by atoms with E-state index in [4.69, 9.17) is 0 Å². The van der Waals surface area contributed by atoms with Crippen LogP contribution < -0.4 is 4.90 Å². The van der Waals surface area contributed by atoms with Gasteiger partial charge in [-0.1, -0.05) is 0 Å². The second kappa shape index (κ2) is 8.44. The summed E-state index contributed by atoms with van der Waals surface area (Å²) in [5.74, 6) is 0.249. The van der Waals surface area contributed by atoms with E-state index in [0.29, 0.717) is 22.6 Å². The van der Waals surface area contributed by atoms with E-state index in [2.05, 4.69) is 10.2 Å². The third-order valence-corrected chi connectivity index (χ3v) is 5.81. The van der Waals surface area contributed by atoms with Gasteiger partial charge >= 0.3 is 0 Å². The molecule has 4 rings (SSSR count). The Morgan fingerprint density at radius 1 is 0.968 bits per heavy atom. The van der Waals surface area contributed by atoms with E-state index in [-0.39, 0.29) is 28.8 Å². The summed E-state index contributed by atoms with van der Waals surface area (Å²) in [7, 11) is 0. The Morgan fingerprint density at radius 3 is 2.29 bits per heavy atom. The number of nitro groups is 1. The van der Waals surface area contributed by atoms with E-state index >= 15 is 0 Å². The molecule has 0 spiro atoms. The Balaban J connectivity index is 1.61. The number of phenolic OH excluding ortho intramolecular Hbond substituents is 2. The molecule has 0 saturated carbocycles. The van der Waals surface area contributed by atoms with Crippen LogP contribution in [-0.2, 0) is 4.79 Å². The third kappa shape index (κ3) is 4.33. The van der Waals surface area contributed by atoms with Crippen LogP contribution in [0.1, 0.15) is 10.9 Å². The van der Waals surface area contributed by atoms with Gasteiger partial charge in [-0.25, -0.2) is 0 Å². The molecule has 31 heavy (non-hydrogen) atoms. The van der Waals surface area contributed by atoms with Crippen LogP contribution >= 0.6 is 11.8 Å². The number of carbonyl (C=O) groups excluding carboxylic acids is 1. The van der Waals surface area contributed by atoms with Gasteiger partial charge in [-0.2, -0.15) is 10.2 Å². The highest BCUT2D eigenvalue weighted by Gasteiger charge is 2.35. The van der Waals surface area contributed by atoms with Crippen LogP contribution in [0, 0.1) is 10.1 Å². The van der Waals surface area contributed by atoms with E-state index in [1.54, 1.807) is 29.2 Å². The van der Waals surface area contributed by atoms with Crippen molar-refractivity contribution in [2.24, 2.45) is 10.2 Å². The number of non-ortho nitro benzene ring substituents is 1. The van der Waals surface area contributed by atoms with E-state index in [9.17, 15) is 25.1 Å². The van der Waals surface area contributed by atoms with Crippen LogP contribution in [0.4, 0.5) is 22.7 Å². The van der Waals surface area contributed by atoms with Gasteiger partial charge in [-0.15, -0.1) is 11.8 Å². The van der Waals surface area contributed by atoms with Gasteiger partial charge < -0.3 is 10.2 Å². The van der Waals surface area contributed by atoms with Crippen LogP contribution in [0.3, 0.4) is 0 Å². The first kappa shape index (κ1) is 20.4. The van der Waals surface area contributed by atoms with Crippen molar-refractivity contribution < 1.29 is 19.9 Å². The van der Waals surface area contributed by atoms with Crippen molar-refractivity contribution in [3.8, 4) is 11.5 Å². The maximum atomic E-state index is 12.5. The molecule has 1 unspecified atom stereocenters. The largest absolute Gasteiger partial charge is 0.508 e. The van der Waals surface area contributed by atoms with Crippen LogP contribution in [0.5, 0.6) is 11.5 Å². The Kier molecular flexibility index (Phi) is 5.54. The molecule has 1 saturated heterocycles. The van der Waals surface area contributed by atoms with Crippen LogP contribution in [0.15, 0.2) is 77.0 Å². The molecule has 1 aliphatic heterocycles. The fourth-order valence-electron chi connectivity index (χ4n) is 3.10. The summed E-state index contributed by atoms with van der Waals surface area (Å²) >= 11 is 1.37. The van der Waals surface area contributed by atoms with Crippen molar-refractivity contribution in [3.63, 3.8) is 0 Å². The Bertz CT molecular complexity index is 1170. The van der Waals surface area contributed by atoms with Crippen molar-refractivity contribution in [2.45, 2.75) is 5.37 Å². The Morgan fingerprint density at radius 2 is 1.61 bits per heavy atom. The smallest absolute Gasteiger partial charge is 0.269 e. The molecule has 0 radical (unpaired) electrons. The highest BCUT2D eigenvalue weighted by Crippen LogP contribution is 2.45. The number of anilines is 1. The average Bonchev–Trinajstić information content (AvgIpc) is 3.15. The molecule has 10 heteroatoms. The monoisotopic (exact) mass is 436 g/mol. The molecule has 1 atom stereocenters. The first-order valence-corrected chi connectivity index (χ1v) is 10.2. The summed E-state index contributed by atoms with van der Waals surface area (Å²) < 4.78 is 0. The minimum absolute atomic E-state index is 0.0188. The first-order valence-electron chi connectivity index (χ1n) is 9.14. The number of aromatic hydroxyl groups is 2. The number of nitrogens with zero attached hydrogens (tertiary/aromatic N) is 4. The molecule has 0 bridgehead atoms. The molecule has 3 aromatic rings. The minimum atomic E-state index is -0.492. The van der Waals surface area contributed by atoms with Crippen molar-refractivity contribution in [1.29, 1.82) is 0 Å². The molecule has 3 aromatic carbocycles. The fourth-order valence-corrected chi connectivity index (χ4v) is 4.30. The predicted molar refractivity (Wildman–Crippen MR) is 116 cm³/mol. The zero-order valence-corrected chi connectivity index (χ0v) is 16.8. The zero-order valence-electron chi connectivity index (χ0n) is 16.0. The minimum Gasteiger partial charge on any atom is -0.508 e. The van der Waals surface area contributed by atoms with Gasteiger partial charge in [0.2, 0.25) is 5.91 Å². The number of rotatable bonds is 5. The quantitative estimate of drug-likeness (QED) is 0.321. The van der Waals surface area contributed by atoms with E-state index in [1.807, 2.05) is 0 Å². The lowest BCUT2D eigenvalue weighted by Crippen LogP contribution is -2.27. The first-order chi connectivity index (χ1) is 14.9. The van der Waals surface area contributed by atoms with Gasteiger partial charge in [0, 0.05) is 23.4 Å². The lowest BCUT2D eigenvalue weighted by Gasteiger charge is -2.25. The SMILES string of the molecule is O=C1CSC(c2cc(N=Nc3ccc([N+](=O)[O-])cc3)ccc2O)N1c1ccc(O)cc1. The summed E-state index contributed by atoms with van der Waals surface area (Å²) in [4.78, 5) is 24.3. The van der Waals surface area contributed by atoms with Crippen molar-refractivity contribution >= 4 is 40.4 Å². The Hall–Kier alpha value is -3.92. The highest BCUT2D eigenvalue weighted by molar-refractivity contribution is 8.00. The number of hydrogen-bond acceptors (Lipinski definition) is 8. The third-order valence-electron chi connectivity index (χ3n) is 4.61. The number of amides is 1. The van der Waals surface area contributed by atoms with Gasteiger partial charge in [0.25, 0.3) is 5.69 Å². The molecule has 0 aromatic heterocycles. The van der Waals surface area contributed by atoms with E-state index in [0.717, 1.165) is 0 Å². The molecular weight excluding hydrogens is 420 g/mol. The van der Waals surface area contributed by atoms with Crippen LogP contribution in [0.2, 0.25) is 0 Å². The van der Waals surface area contributed by atoms with E-state index < -0.39 is 10.3 Å². The van der Waals surface area contributed by atoms with E-state index in [1.165, 1.54) is 54.2 Å². The number of hydrogen-bond donors (Lipinski definition) is 2. The second-order valence-corrected chi connectivity index (χ2v) is 7.73. The number of phenols is 2. The molecule has 1 heterocycles. The molecule has 1 aliphatic rings. The van der Waals surface area contributed by atoms with Crippen LogP contribution in [-0.4, -0.2) is 26.8 Å². The standard InChI is InChI=1S/C21H16N4O5S/c26-17-8-6-15(7-9-17)24-20(28)12-31-21(24)18-11-14(3-10-19(18)27)23-22-13-1-4-16(5-2-13)25(29)30/h1-11,21,26-27H,12H2. The Labute approximate surface area is 180 Å². The molecule has 9 nitrogen and oxygen atoms in total. The maximum Gasteiger partial charge on any atom is 0.269 e. The molecule has 2 N–H and O–H groups in total. The number of benzene rings is 3. The number of nitro benzene ring substituents is 1. The number of thioether (sulfide) groups is 1. The molecule has 156 valence electrons. The summed E-state index contributed by atoms with van der Waals surface area (Å²) in [6, 6.07) is 16.6. The molecular formula is C21H16N4O5S. The lowest BCUT2D eigenvalue weighted by molar-refractivity contribution is -0.384. The van der Waals surface area contributed by atoms with Gasteiger partial charge in [0.15, 0.2) is 0 Å². The van der Waals surface area contributed by atoms with Crippen molar-refractivity contribution in [1.82, 2.24) is 0 Å². The highest BCUT2D eigenvalue weighted by atomic mass is 32.2. The summed E-state index contributed by atoms with van der Waals surface area (Å²) in [5, 5.41) is 38.5. The molecule has 0 aliphatic carbocycles. The average molecular weight is 436 g/mol. The second-order valence-electron chi connectivity index (χ2n) is 6.66. The van der Waals surface area contributed by atoms with Gasteiger partial charge in [-0.05, 0) is 54.6 Å². The number of carbonyl (C=O) groups is 1. The molecule has 1 fully saturated rings. The number of azo groups is 1. The lowest BCUT2D eigenvalue weighted by atomic mass is 10.1. The summed E-state index contributed by atoms with van der Waals surface area (Å²) in [6.45, 7) is 0. The topological polar surface area (TPSA) is 129 Å². The summed E-state index contributed by atoms with van der Waals surface area (Å²) in [6.07, 6.45) is 0. The van der Waals surface area contributed by atoms with Crippen molar-refractivity contribution in [3.05, 3.63) is 82.4 Å². The van der Waals surface area contributed by atoms with Gasteiger partial charge in [0.05, 0.1) is 22.1 Å². The fraction of sp³-hybridized carbons (Fsp3) is 0.0952. The molecule has 1 amide bonds. The van der Waals surface area contributed by atoms with Crippen molar-refractivity contribution in [2.75, 3.05) is 10.7 Å². The predicted octanol–water partition coefficient (Wildman–Crippen LogP) is 5.20. The zero-order chi connectivity index (χ0) is 22.0. The summed E-state index contributed by atoms with van der Waals surface area (Å²) in [5.41, 5.74) is 1.97. The van der Waals surface area contributed by atoms with Gasteiger partial charge in [-0.3, -0.25) is 19.8 Å². The van der Waals surface area contributed by atoms with Crippen LogP contribution in [0.25, 0.3) is 0 Å². The maximum absolute atomic E-state index is 12.5. The van der Waals surface area contributed by atoms with Gasteiger partial charge in [0.1, 0.15) is 16.9 Å².